The van der Waals surface area contributed by atoms with Crippen LogP contribution >= 0.6 is 11.3 Å². The fourth-order valence-electron chi connectivity index (χ4n) is 4.48. The average molecular weight is 505 g/mol. The van der Waals surface area contributed by atoms with Gasteiger partial charge in [-0.15, -0.1) is 11.3 Å². The number of benzene rings is 2. The molecule has 0 unspecified atom stereocenters. The zero-order chi connectivity index (χ0) is 25.7. The third-order valence-electron chi connectivity index (χ3n) is 6.52. The molecule has 36 heavy (non-hydrogen) atoms. The van der Waals surface area contributed by atoms with Gasteiger partial charge in [0.25, 0.3) is 11.7 Å². The second-order valence-electron chi connectivity index (χ2n) is 8.84. The molecule has 2 aromatic carbocycles. The Kier molecular flexibility index (Phi) is 8.23. The van der Waals surface area contributed by atoms with Gasteiger partial charge in [0.05, 0.1) is 11.6 Å². The van der Waals surface area contributed by atoms with E-state index in [2.05, 4.69) is 24.8 Å². The van der Waals surface area contributed by atoms with Crippen molar-refractivity contribution in [3.63, 3.8) is 0 Å². The molecule has 0 aliphatic carbocycles. The van der Waals surface area contributed by atoms with E-state index in [1.165, 1.54) is 16.9 Å². The Hall–Kier alpha value is -3.42. The van der Waals surface area contributed by atoms with Crippen LogP contribution in [-0.4, -0.2) is 52.8 Å². The number of hydrogen-bond acceptors (Lipinski definition) is 6. The van der Waals surface area contributed by atoms with Gasteiger partial charge >= 0.3 is 0 Å². The first-order chi connectivity index (χ1) is 17.4. The normalized spacial score (nSPS) is 17.2. The molecule has 1 fully saturated rings. The van der Waals surface area contributed by atoms with Crippen molar-refractivity contribution < 1.29 is 19.4 Å². The van der Waals surface area contributed by atoms with Crippen molar-refractivity contribution in [2.75, 3.05) is 26.2 Å². The van der Waals surface area contributed by atoms with Gasteiger partial charge in [0.1, 0.15) is 18.1 Å². The van der Waals surface area contributed by atoms with Crippen LogP contribution in [0.2, 0.25) is 0 Å². The van der Waals surface area contributed by atoms with E-state index >= 15 is 0 Å². The summed E-state index contributed by atoms with van der Waals surface area (Å²) in [5, 5.41) is 13.1. The number of likely N-dealkylation sites (tertiary alicyclic amines) is 1. The number of aryl methyl sites for hydroxylation is 1. The van der Waals surface area contributed by atoms with Crippen molar-refractivity contribution >= 4 is 28.8 Å². The number of carbonyl (C=O) groups excluding carboxylic acids is 2. The van der Waals surface area contributed by atoms with Crippen LogP contribution in [0.25, 0.3) is 5.76 Å². The molecule has 0 spiro atoms. The zero-order valence-corrected chi connectivity index (χ0v) is 21.8. The summed E-state index contributed by atoms with van der Waals surface area (Å²) in [5.74, 6) is -0.727. The van der Waals surface area contributed by atoms with Gasteiger partial charge in [-0.3, -0.25) is 9.59 Å². The first kappa shape index (κ1) is 25.7. The molecule has 0 bridgehead atoms. The van der Waals surface area contributed by atoms with Crippen LogP contribution in [0.5, 0.6) is 5.75 Å². The van der Waals surface area contributed by atoms with Crippen LogP contribution in [0.3, 0.4) is 0 Å². The summed E-state index contributed by atoms with van der Waals surface area (Å²) in [4.78, 5) is 30.8. The number of amides is 1. The molecule has 1 saturated heterocycles. The smallest absolute Gasteiger partial charge is 0.295 e. The number of Topliss-reactive ketones (excluding diaryl/α,β-unsaturated/α-hetero) is 1. The molecule has 1 atom stereocenters. The maximum atomic E-state index is 13.1. The molecule has 2 heterocycles. The molecule has 0 radical (unpaired) electrons. The van der Waals surface area contributed by atoms with E-state index in [9.17, 15) is 14.7 Å². The summed E-state index contributed by atoms with van der Waals surface area (Å²) >= 11 is 1.47. The van der Waals surface area contributed by atoms with Gasteiger partial charge in [-0.25, -0.2) is 0 Å². The number of thiophene rings is 1. The monoisotopic (exact) mass is 504 g/mol. The molecule has 6 nitrogen and oxygen atoms in total. The fraction of sp³-hybridized carbons (Fsp3) is 0.310. The van der Waals surface area contributed by atoms with Gasteiger partial charge in [0.15, 0.2) is 0 Å². The molecule has 1 N–H and O–H groups in total. The number of hydrogen-bond donors (Lipinski definition) is 1. The fourth-order valence-corrected chi connectivity index (χ4v) is 5.32. The van der Waals surface area contributed by atoms with E-state index in [1.54, 1.807) is 29.2 Å². The van der Waals surface area contributed by atoms with Crippen molar-refractivity contribution in [1.29, 1.82) is 0 Å². The Morgan fingerprint density at radius 2 is 1.81 bits per heavy atom. The number of aliphatic hydroxyl groups excluding tert-OH is 1. The van der Waals surface area contributed by atoms with Gasteiger partial charge < -0.3 is 19.6 Å². The summed E-state index contributed by atoms with van der Waals surface area (Å²) in [5.41, 5.74) is 2.85. The standard InChI is InChI=1S/C29H32N2O4S/c1-4-30(5-2)15-16-31-26(24-10-7-17-36-24)25(28(33)29(31)34)27(32)22-11-13-23(14-12-22)35-19-21-9-6-8-20(3)18-21/h6-14,17-18,26,32H,4-5,15-16,19H2,1-3H3/t26-/m0/s1. The summed E-state index contributed by atoms with van der Waals surface area (Å²) in [7, 11) is 0. The van der Waals surface area contributed by atoms with E-state index in [0.29, 0.717) is 31.0 Å². The van der Waals surface area contributed by atoms with E-state index in [1.807, 2.05) is 42.6 Å². The Morgan fingerprint density at radius 3 is 2.44 bits per heavy atom. The molecule has 1 amide bonds. The molecular weight excluding hydrogens is 472 g/mol. The van der Waals surface area contributed by atoms with E-state index < -0.39 is 17.7 Å². The molecule has 7 heteroatoms. The number of aliphatic hydroxyl groups is 1. The lowest BCUT2D eigenvalue weighted by atomic mass is 10.00. The van der Waals surface area contributed by atoms with Crippen LogP contribution in [0, 0.1) is 6.92 Å². The first-order valence-electron chi connectivity index (χ1n) is 12.3. The van der Waals surface area contributed by atoms with Crippen molar-refractivity contribution in [1.82, 2.24) is 9.80 Å². The number of ether oxygens (including phenoxy) is 1. The van der Waals surface area contributed by atoms with Crippen LogP contribution in [0.15, 0.2) is 71.6 Å². The third-order valence-corrected chi connectivity index (χ3v) is 7.44. The number of ketones is 1. The Labute approximate surface area is 216 Å². The molecule has 1 aliphatic heterocycles. The SMILES string of the molecule is CCN(CC)CCN1C(=O)C(=O)C(=C(O)c2ccc(OCc3cccc(C)c3)cc2)[C@@H]1c1cccs1. The Bertz CT molecular complexity index is 1230. The van der Waals surface area contributed by atoms with Crippen molar-refractivity contribution in [3.8, 4) is 5.75 Å². The van der Waals surface area contributed by atoms with E-state index in [0.717, 1.165) is 23.5 Å². The summed E-state index contributed by atoms with van der Waals surface area (Å²) < 4.78 is 5.89. The van der Waals surface area contributed by atoms with Crippen LogP contribution in [0.4, 0.5) is 0 Å². The Balaban J connectivity index is 1.59. The highest BCUT2D eigenvalue weighted by Crippen LogP contribution is 2.41. The highest BCUT2D eigenvalue weighted by molar-refractivity contribution is 7.10. The Morgan fingerprint density at radius 1 is 1.06 bits per heavy atom. The third kappa shape index (κ3) is 5.53. The van der Waals surface area contributed by atoms with Crippen LogP contribution in [0.1, 0.15) is 41.5 Å². The molecule has 1 aromatic heterocycles. The van der Waals surface area contributed by atoms with Gasteiger partial charge in [0, 0.05) is 23.5 Å². The minimum absolute atomic E-state index is 0.135. The topological polar surface area (TPSA) is 70.1 Å². The van der Waals surface area contributed by atoms with Crippen molar-refractivity contribution in [3.05, 3.63) is 93.2 Å². The quantitative estimate of drug-likeness (QED) is 0.227. The zero-order valence-electron chi connectivity index (χ0n) is 20.9. The predicted molar refractivity (Wildman–Crippen MR) is 143 cm³/mol. The molecule has 1 aliphatic rings. The number of carbonyl (C=O) groups is 2. The molecule has 0 saturated carbocycles. The minimum Gasteiger partial charge on any atom is -0.507 e. The molecule has 4 rings (SSSR count). The highest BCUT2D eigenvalue weighted by atomic mass is 32.1. The largest absolute Gasteiger partial charge is 0.507 e. The summed E-state index contributed by atoms with van der Waals surface area (Å²) in [6.45, 7) is 9.42. The maximum absolute atomic E-state index is 13.1. The number of nitrogens with zero attached hydrogens (tertiary/aromatic N) is 2. The lowest BCUT2D eigenvalue weighted by molar-refractivity contribution is -0.140. The summed E-state index contributed by atoms with van der Waals surface area (Å²) in [6, 6.07) is 18.3. The van der Waals surface area contributed by atoms with E-state index in [-0.39, 0.29) is 11.3 Å². The van der Waals surface area contributed by atoms with Crippen LogP contribution < -0.4 is 4.74 Å². The minimum atomic E-state index is -0.648. The lowest BCUT2D eigenvalue weighted by Gasteiger charge is -2.27. The lowest BCUT2D eigenvalue weighted by Crippen LogP contribution is -2.37. The number of rotatable bonds is 10. The molecular formula is C29H32N2O4S. The van der Waals surface area contributed by atoms with E-state index in [4.69, 9.17) is 4.74 Å². The van der Waals surface area contributed by atoms with Crippen LogP contribution in [-0.2, 0) is 16.2 Å². The van der Waals surface area contributed by atoms with Gasteiger partial charge in [-0.05, 0) is 61.3 Å². The summed E-state index contributed by atoms with van der Waals surface area (Å²) in [6.07, 6.45) is 0. The van der Waals surface area contributed by atoms with Gasteiger partial charge in [-0.1, -0.05) is 49.7 Å². The first-order valence-corrected chi connectivity index (χ1v) is 13.1. The van der Waals surface area contributed by atoms with Crippen molar-refractivity contribution in [2.24, 2.45) is 0 Å². The predicted octanol–water partition coefficient (Wildman–Crippen LogP) is 5.40. The maximum Gasteiger partial charge on any atom is 0.295 e. The second-order valence-corrected chi connectivity index (χ2v) is 9.82. The molecule has 188 valence electrons. The second kappa shape index (κ2) is 11.5. The van der Waals surface area contributed by atoms with Gasteiger partial charge in [-0.2, -0.15) is 0 Å². The molecule has 3 aromatic rings. The average Bonchev–Trinajstić information content (AvgIpc) is 3.50. The van der Waals surface area contributed by atoms with Gasteiger partial charge in [0.2, 0.25) is 0 Å². The number of likely N-dealkylation sites (N-methyl/N-ethyl adjacent to an activating group) is 1. The highest BCUT2D eigenvalue weighted by Gasteiger charge is 2.46. The van der Waals surface area contributed by atoms with Crippen molar-refractivity contribution in [2.45, 2.75) is 33.4 Å².